The molecule has 0 aliphatic carbocycles. The van der Waals surface area contributed by atoms with Gasteiger partial charge in [-0.25, -0.2) is 0 Å². The molecule has 1 saturated heterocycles. The lowest BCUT2D eigenvalue weighted by molar-refractivity contribution is -0.134. The predicted molar refractivity (Wildman–Crippen MR) is 84.3 cm³/mol. The number of rotatable bonds is 3. The minimum Gasteiger partial charge on any atom is -0.483 e. The summed E-state index contributed by atoms with van der Waals surface area (Å²) in [5, 5.41) is 0. The quantitative estimate of drug-likeness (QED) is 0.838. The van der Waals surface area contributed by atoms with Crippen molar-refractivity contribution < 1.29 is 9.53 Å². The Kier molecular flexibility index (Phi) is 5.08. The number of nitrogens with zero attached hydrogens (tertiary/aromatic N) is 1. The number of carbonyl (C=O) groups is 1. The number of ether oxygens (including phenoxy) is 1. The molecule has 1 amide bonds. The summed E-state index contributed by atoms with van der Waals surface area (Å²) in [6, 6.07) is 2.00. The fourth-order valence-electron chi connectivity index (χ4n) is 2.54. The summed E-state index contributed by atoms with van der Waals surface area (Å²) in [6.07, 6.45) is 3.46. The number of hydrogen-bond acceptors (Lipinski definition) is 2. The van der Waals surface area contributed by atoms with Crippen molar-refractivity contribution in [3.63, 3.8) is 0 Å². The van der Waals surface area contributed by atoms with E-state index in [1.165, 1.54) is 12.0 Å². The summed E-state index contributed by atoms with van der Waals surface area (Å²) in [6.45, 7) is 8.02. The molecule has 1 aliphatic rings. The van der Waals surface area contributed by atoms with Crippen LogP contribution in [0.15, 0.2) is 10.5 Å². The summed E-state index contributed by atoms with van der Waals surface area (Å²) in [5.41, 5.74) is 3.40. The third-order valence-corrected chi connectivity index (χ3v) is 5.24. The minimum absolute atomic E-state index is 0.0994. The minimum atomic E-state index is 0.0994. The molecule has 20 heavy (non-hydrogen) atoms. The van der Waals surface area contributed by atoms with Gasteiger partial charge >= 0.3 is 0 Å². The molecule has 0 saturated carbocycles. The van der Waals surface area contributed by atoms with Gasteiger partial charge in [0.05, 0.1) is 0 Å². The van der Waals surface area contributed by atoms with Crippen molar-refractivity contribution >= 4 is 21.8 Å². The Morgan fingerprint density at radius 3 is 2.50 bits per heavy atom. The fraction of sp³-hybridized carbons (Fsp3) is 0.562. The number of benzene rings is 1. The molecular formula is C16H22BrNO2. The van der Waals surface area contributed by atoms with Crippen molar-refractivity contribution in [2.45, 2.75) is 40.0 Å². The predicted octanol–water partition coefficient (Wildman–Crippen LogP) is 3.77. The van der Waals surface area contributed by atoms with E-state index in [1.54, 1.807) is 0 Å². The zero-order valence-corrected chi connectivity index (χ0v) is 14.0. The van der Waals surface area contributed by atoms with E-state index in [4.69, 9.17) is 4.74 Å². The molecule has 0 atom stereocenters. The lowest BCUT2D eigenvalue weighted by Crippen LogP contribution is -2.38. The van der Waals surface area contributed by atoms with Crippen LogP contribution in [0.2, 0.25) is 0 Å². The third kappa shape index (κ3) is 3.35. The van der Waals surface area contributed by atoms with Crippen molar-refractivity contribution in [2.24, 2.45) is 0 Å². The lowest BCUT2D eigenvalue weighted by Gasteiger charge is -2.26. The van der Waals surface area contributed by atoms with Crippen LogP contribution in [0.1, 0.15) is 36.0 Å². The average molecular weight is 340 g/mol. The molecule has 3 nitrogen and oxygen atoms in total. The molecule has 1 fully saturated rings. The van der Waals surface area contributed by atoms with Crippen molar-refractivity contribution in [1.29, 1.82) is 0 Å². The zero-order chi connectivity index (χ0) is 14.7. The van der Waals surface area contributed by atoms with Crippen molar-refractivity contribution in [3.8, 4) is 5.75 Å². The molecule has 0 radical (unpaired) electrons. The number of carbonyl (C=O) groups excluding carboxylic acids is 1. The van der Waals surface area contributed by atoms with Crippen LogP contribution >= 0.6 is 15.9 Å². The third-order valence-electron chi connectivity index (χ3n) is 4.02. The Morgan fingerprint density at radius 2 is 1.85 bits per heavy atom. The number of halogens is 1. The van der Waals surface area contributed by atoms with Gasteiger partial charge in [-0.1, -0.05) is 15.9 Å². The molecule has 1 aliphatic heterocycles. The summed E-state index contributed by atoms with van der Waals surface area (Å²) >= 11 is 3.58. The zero-order valence-electron chi connectivity index (χ0n) is 12.5. The van der Waals surface area contributed by atoms with Crippen LogP contribution < -0.4 is 4.74 Å². The molecule has 2 rings (SSSR count). The monoisotopic (exact) mass is 339 g/mol. The molecule has 0 N–H and O–H groups in total. The number of piperidine rings is 1. The first-order valence-corrected chi connectivity index (χ1v) is 7.97. The van der Waals surface area contributed by atoms with Gasteiger partial charge in [0.25, 0.3) is 5.91 Å². The maximum Gasteiger partial charge on any atom is 0.260 e. The Morgan fingerprint density at radius 1 is 1.20 bits per heavy atom. The smallest absolute Gasteiger partial charge is 0.260 e. The highest BCUT2D eigenvalue weighted by Crippen LogP contribution is 2.31. The number of amides is 1. The first-order valence-electron chi connectivity index (χ1n) is 7.17. The van der Waals surface area contributed by atoms with Crippen LogP contribution in [0.25, 0.3) is 0 Å². The highest BCUT2D eigenvalue weighted by Gasteiger charge is 2.17. The number of hydrogen-bond donors (Lipinski definition) is 0. The first kappa shape index (κ1) is 15.4. The SMILES string of the molecule is Cc1cc(OCC(=O)N2CCCCC2)c(C)c(C)c1Br. The first-order chi connectivity index (χ1) is 9.50. The summed E-state index contributed by atoms with van der Waals surface area (Å²) < 4.78 is 6.87. The van der Waals surface area contributed by atoms with Gasteiger partial charge in [0.15, 0.2) is 6.61 Å². The molecule has 0 aromatic heterocycles. The van der Waals surface area contributed by atoms with Gasteiger partial charge in [-0.15, -0.1) is 0 Å². The second-order valence-corrected chi connectivity index (χ2v) is 6.28. The van der Waals surface area contributed by atoms with E-state index in [9.17, 15) is 4.79 Å². The molecule has 0 spiro atoms. The van der Waals surface area contributed by atoms with E-state index in [2.05, 4.69) is 22.9 Å². The Labute approximate surface area is 129 Å². The largest absolute Gasteiger partial charge is 0.483 e. The van der Waals surface area contributed by atoms with Gasteiger partial charge in [-0.05, 0) is 62.8 Å². The highest BCUT2D eigenvalue weighted by molar-refractivity contribution is 9.10. The average Bonchev–Trinajstić information content (AvgIpc) is 2.48. The summed E-state index contributed by atoms with van der Waals surface area (Å²) in [4.78, 5) is 14.0. The molecular weight excluding hydrogens is 318 g/mol. The normalized spacial score (nSPS) is 15.3. The van der Waals surface area contributed by atoms with Crippen molar-refractivity contribution in [2.75, 3.05) is 19.7 Å². The molecule has 1 aromatic carbocycles. The lowest BCUT2D eigenvalue weighted by atomic mass is 10.1. The summed E-state index contributed by atoms with van der Waals surface area (Å²) in [5.74, 6) is 0.913. The Balaban J connectivity index is 2.02. The van der Waals surface area contributed by atoms with Crippen LogP contribution in [-0.2, 0) is 4.79 Å². The van der Waals surface area contributed by atoms with Crippen LogP contribution in [0.4, 0.5) is 0 Å². The van der Waals surface area contributed by atoms with Gasteiger partial charge in [0, 0.05) is 17.6 Å². The van der Waals surface area contributed by atoms with Gasteiger partial charge in [-0.2, -0.15) is 0 Å². The van der Waals surface area contributed by atoms with E-state index in [0.717, 1.165) is 47.3 Å². The molecule has 110 valence electrons. The van der Waals surface area contributed by atoms with Gasteiger partial charge in [0.2, 0.25) is 0 Å². The van der Waals surface area contributed by atoms with Crippen LogP contribution in [0, 0.1) is 20.8 Å². The maximum absolute atomic E-state index is 12.1. The van der Waals surface area contributed by atoms with Crippen LogP contribution in [0.3, 0.4) is 0 Å². The number of likely N-dealkylation sites (tertiary alicyclic amines) is 1. The van der Waals surface area contributed by atoms with Gasteiger partial charge in [-0.3, -0.25) is 4.79 Å². The van der Waals surface area contributed by atoms with Crippen LogP contribution in [-0.4, -0.2) is 30.5 Å². The van der Waals surface area contributed by atoms with Crippen molar-refractivity contribution in [1.82, 2.24) is 4.90 Å². The van der Waals surface area contributed by atoms with Crippen molar-refractivity contribution in [3.05, 3.63) is 27.2 Å². The second kappa shape index (κ2) is 6.61. The van der Waals surface area contributed by atoms with Crippen LogP contribution in [0.5, 0.6) is 5.75 Å². The standard InChI is InChI=1S/C16H22BrNO2/c1-11-9-14(12(2)13(3)16(11)17)20-10-15(19)18-7-5-4-6-8-18/h9H,4-8,10H2,1-3H3. The van der Waals surface area contributed by atoms with E-state index < -0.39 is 0 Å². The fourth-order valence-corrected chi connectivity index (χ4v) is 2.95. The van der Waals surface area contributed by atoms with Gasteiger partial charge in [0.1, 0.15) is 5.75 Å². The molecule has 0 unspecified atom stereocenters. The highest BCUT2D eigenvalue weighted by atomic mass is 79.9. The van der Waals surface area contributed by atoms with E-state index in [0.29, 0.717) is 0 Å². The van der Waals surface area contributed by atoms with E-state index >= 15 is 0 Å². The Hall–Kier alpha value is -1.03. The van der Waals surface area contributed by atoms with E-state index in [-0.39, 0.29) is 12.5 Å². The molecule has 1 aromatic rings. The summed E-state index contributed by atoms with van der Waals surface area (Å²) in [7, 11) is 0. The second-order valence-electron chi connectivity index (χ2n) is 5.49. The topological polar surface area (TPSA) is 29.5 Å². The van der Waals surface area contributed by atoms with Gasteiger partial charge < -0.3 is 9.64 Å². The molecule has 4 heteroatoms. The number of aryl methyl sites for hydroxylation is 1. The Bertz CT molecular complexity index is 508. The maximum atomic E-state index is 12.1. The molecule has 1 heterocycles. The molecule has 0 bridgehead atoms. The van der Waals surface area contributed by atoms with E-state index in [1.807, 2.05) is 24.8 Å².